The van der Waals surface area contributed by atoms with Crippen LogP contribution in [0.2, 0.25) is 0 Å². The van der Waals surface area contributed by atoms with Gasteiger partial charge in [0.1, 0.15) is 6.10 Å². The molecule has 0 aromatic rings. The summed E-state index contributed by atoms with van der Waals surface area (Å²) in [5.41, 5.74) is 4.81. The fourth-order valence-corrected chi connectivity index (χ4v) is 0.741. The zero-order valence-electron chi connectivity index (χ0n) is 6.30. The topological polar surface area (TPSA) is 113 Å². The first-order valence-corrected chi connectivity index (χ1v) is 4.23. The minimum Gasteiger partial charge on any atom is -0.394 e. The van der Waals surface area contributed by atoms with Crippen molar-refractivity contribution in [3.8, 4) is 0 Å². The smallest absolute Gasteiger partial charge is 0.253 e. The van der Waals surface area contributed by atoms with Crippen LogP contribution < -0.4 is 5.73 Å². The van der Waals surface area contributed by atoms with E-state index in [9.17, 15) is 4.79 Å². The molecule has 0 heterocycles. The van der Waals surface area contributed by atoms with E-state index in [1.807, 2.05) is 0 Å². The fourth-order valence-electron chi connectivity index (χ4n) is 0.443. The normalized spacial score (nSPS) is 16.6. The molecule has 0 spiro atoms. The monoisotopic (exact) mass is 197 g/mol. The first-order valence-electron chi connectivity index (χ1n) is 3.21. The third-order valence-corrected chi connectivity index (χ3v) is 1.73. The molecule has 0 aliphatic rings. The molecule has 0 aromatic carbocycles. The molecule has 3 unspecified atom stereocenters. The van der Waals surface area contributed by atoms with Gasteiger partial charge in [-0.2, -0.15) is 0 Å². The van der Waals surface area contributed by atoms with Crippen LogP contribution in [-0.4, -0.2) is 46.2 Å². The van der Waals surface area contributed by atoms with Crippen molar-refractivity contribution >= 4 is 14.7 Å². The number of carbonyl (C=O) groups is 1. The zero-order valence-corrected chi connectivity index (χ0v) is 7.30. The van der Waals surface area contributed by atoms with Gasteiger partial charge in [0.25, 0.3) is 5.91 Å². The van der Waals surface area contributed by atoms with Gasteiger partial charge in [-0.05, 0) is 0 Å². The largest absolute Gasteiger partial charge is 0.394 e. The number of amides is 1. The Kier molecular flexibility index (Phi) is 6.14. The van der Waals surface area contributed by atoms with Gasteiger partial charge < -0.3 is 25.6 Å². The number of aliphatic hydroxyl groups excluding tert-OH is 2. The maximum Gasteiger partial charge on any atom is 0.253 e. The number of rotatable bonds is 6. The summed E-state index contributed by atoms with van der Waals surface area (Å²) in [7, 11) is -0.759. The SMILES string of the molecule is NC(=O)C(OCC(O)CO)PO. The summed E-state index contributed by atoms with van der Waals surface area (Å²) in [4.78, 5) is 19.0. The van der Waals surface area contributed by atoms with Gasteiger partial charge >= 0.3 is 0 Å². The van der Waals surface area contributed by atoms with Gasteiger partial charge in [-0.3, -0.25) is 4.79 Å². The molecule has 0 bridgehead atoms. The number of hydrogen-bond acceptors (Lipinski definition) is 5. The summed E-state index contributed by atoms with van der Waals surface area (Å²) in [6, 6.07) is 0. The van der Waals surface area contributed by atoms with Gasteiger partial charge in [0, 0.05) is 0 Å². The van der Waals surface area contributed by atoms with E-state index < -0.39 is 33.3 Å². The summed E-state index contributed by atoms with van der Waals surface area (Å²) in [5.74, 6) is -1.88. The van der Waals surface area contributed by atoms with E-state index in [0.717, 1.165) is 0 Å². The van der Waals surface area contributed by atoms with E-state index in [2.05, 4.69) is 4.74 Å². The third kappa shape index (κ3) is 4.58. The van der Waals surface area contributed by atoms with Crippen LogP contribution in [0.25, 0.3) is 0 Å². The molecule has 5 N–H and O–H groups in total. The molecule has 0 fully saturated rings. The Morgan fingerprint density at radius 2 is 2.25 bits per heavy atom. The summed E-state index contributed by atoms with van der Waals surface area (Å²) in [6.07, 6.45) is -1.05. The minimum absolute atomic E-state index is 0.225. The van der Waals surface area contributed by atoms with Gasteiger partial charge in [-0.25, -0.2) is 0 Å². The number of primary amides is 1. The average molecular weight is 197 g/mol. The van der Waals surface area contributed by atoms with Crippen LogP contribution in [0, 0.1) is 0 Å². The predicted octanol–water partition coefficient (Wildman–Crippen LogP) is -2.25. The molecule has 0 saturated heterocycles. The van der Waals surface area contributed by atoms with Gasteiger partial charge in [0.2, 0.25) is 0 Å². The van der Waals surface area contributed by atoms with Crippen molar-refractivity contribution in [2.45, 2.75) is 11.9 Å². The second-order valence-electron chi connectivity index (χ2n) is 2.08. The molecular formula is C5H12NO5P. The second kappa shape index (κ2) is 6.28. The fraction of sp³-hybridized carbons (Fsp3) is 0.800. The van der Waals surface area contributed by atoms with Crippen LogP contribution in [0.15, 0.2) is 0 Å². The van der Waals surface area contributed by atoms with E-state index in [0.29, 0.717) is 0 Å². The Hall–Kier alpha value is -0.260. The Balaban J connectivity index is 3.65. The number of ether oxygens (including phenoxy) is 1. The molecule has 0 rings (SSSR count). The highest BCUT2D eigenvalue weighted by Gasteiger charge is 2.16. The highest BCUT2D eigenvalue weighted by atomic mass is 31.1. The number of hydrogen-bond donors (Lipinski definition) is 4. The second-order valence-corrected chi connectivity index (χ2v) is 2.86. The molecular weight excluding hydrogens is 185 g/mol. The van der Waals surface area contributed by atoms with E-state index in [4.69, 9.17) is 20.8 Å². The molecule has 1 amide bonds. The van der Waals surface area contributed by atoms with E-state index in [1.54, 1.807) is 0 Å². The van der Waals surface area contributed by atoms with E-state index in [1.165, 1.54) is 0 Å². The maximum atomic E-state index is 10.4. The summed E-state index contributed by atoms with van der Waals surface area (Å²) in [5, 5.41) is 17.1. The lowest BCUT2D eigenvalue weighted by atomic mass is 10.4. The van der Waals surface area contributed by atoms with E-state index in [-0.39, 0.29) is 6.61 Å². The molecule has 0 aliphatic carbocycles. The minimum atomic E-state index is -1.09. The highest BCUT2D eigenvalue weighted by molar-refractivity contribution is 7.33. The van der Waals surface area contributed by atoms with Gasteiger partial charge in [-0.1, -0.05) is 0 Å². The van der Waals surface area contributed by atoms with Crippen molar-refractivity contribution in [3.05, 3.63) is 0 Å². The lowest BCUT2D eigenvalue weighted by Gasteiger charge is -2.13. The lowest BCUT2D eigenvalue weighted by molar-refractivity contribution is -0.126. The Labute approximate surface area is 71.2 Å². The van der Waals surface area contributed by atoms with Crippen LogP contribution in [0.1, 0.15) is 0 Å². The summed E-state index contributed by atoms with van der Waals surface area (Å²) in [6.45, 7) is -0.683. The van der Waals surface area contributed by atoms with Crippen molar-refractivity contribution in [2.24, 2.45) is 5.73 Å². The Bertz CT molecular complexity index is 144. The van der Waals surface area contributed by atoms with Crippen LogP contribution in [0.3, 0.4) is 0 Å². The standard InChI is InChI=1S/C5H12NO5P/c6-4(9)5(12-10)11-2-3(8)1-7/h3,5,7-8,10,12H,1-2H2,(H2,6,9). The quantitative estimate of drug-likeness (QED) is 0.359. The van der Waals surface area contributed by atoms with Gasteiger partial charge in [0.15, 0.2) is 5.85 Å². The van der Waals surface area contributed by atoms with E-state index >= 15 is 0 Å². The molecule has 0 aromatic heterocycles. The van der Waals surface area contributed by atoms with Gasteiger partial charge in [-0.15, -0.1) is 0 Å². The Morgan fingerprint density at radius 3 is 2.58 bits per heavy atom. The summed E-state index contributed by atoms with van der Waals surface area (Å²) < 4.78 is 4.68. The van der Waals surface area contributed by atoms with Crippen molar-refractivity contribution < 1.29 is 24.6 Å². The van der Waals surface area contributed by atoms with Crippen LogP contribution in [-0.2, 0) is 9.53 Å². The molecule has 6 nitrogen and oxygen atoms in total. The molecule has 3 atom stereocenters. The molecule has 0 saturated carbocycles. The lowest BCUT2D eigenvalue weighted by Crippen LogP contribution is -2.31. The highest BCUT2D eigenvalue weighted by Crippen LogP contribution is 2.13. The van der Waals surface area contributed by atoms with Crippen LogP contribution >= 0.6 is 8.81 Å². The van der Waals surface area contributed by atoms with Crippen molar-refractivity contribution in [1.82, 2.24) is 0 Å². The first-order chi connectivity index (χ1) is 5.61. The van der Waals surface area contributed by atoms with Crippen molar-refractivity contribution in [1.29, 1.82) is 0 Å². The molecule has 7 heteroatoms. The molecule has 72 valence electrons. The molecule has 12 heavy (non-hydrogen) atoms. The predicted molar refractivity (Wildman–Crippen MR) is 42.6 cm³/mol. The summed E-state index contributed by atoms with van der Waals surface area (Å²) >= 11 is 0. The maximum absolute atomic E-state index is 10.4. The Morgan fingerprint density at radius 1 is 1.67 bits per heavy atom. The zero-order chi connectivity index (χ0) is 9.56. The van der Waals surface area contributed by atoms with Gasteiger partial charge in [0.05, 0.1) is 22.0 Å². The van der Waals surface area contributed by atoms with Crippen LogP contribution in [0.4, 0.5) is 0 Å². The number of aliphatic hydroxyl groups is 2. The molecule has 0 radical (unpaired) electrons. The van der Waals surface area contributed by atoms with Crippen molar-refractivity contribution in [3.63, 3.8) is 0 Å². The average Bonchev–Trinajstić information content (AvgIpc) is 2.04. The first kappa shape index (κ1) is 11.7. The number of carbonyl (C=O) groups excluding carboxylic acids is 1. The molecule has 0 aliphatic heterocycles. The van der Waals surface area contributed by atoms with Crippen molar-refractivity contribution in [2.75, 3.05) is 13.2 Å². The third-order valence-electron chi connectivity index (χ3n) is 1.04. The number of nitrogens with two attached hydrogens (primary N) is 1. The van der Waals surface area contributed by atoms with Crippen LogP contribution in [0.5, 0.6) is 0 Å².